The monoisotopic (exact) mass is 413 g/mol. The number of nitrogens with one attached hydrogen (secondary N) is 1. The van der Waals surface area contributed by atoms with E-state index in [1.165, 1.54) is 19.1 Å². The SMILES string of the molecule is CC(OC(=O)Cc1ccc(Br)cc1)C(=O)Nc1ccc(Cl)cc1F. The highest BCUT2D eigenvalue weighted by Gasteiger charge is 2.19. The van der Waals surface area contributed by atoms with Gasteiger partial charge in [-0.25, -0.2) is 4.39 Å². The Balaban J connectivity index is 1.90. The zero-order chi connectivity index (χ0) is 17.7. The smallest absolute Gasteiger partial charge is 0.311 e. The number of esters is 1. The summed E-state index contributed by atoms with van der Waals surface area (Å²) >= 11 is 8.95. The number of ether oxygens (including phenoxy) is 1. The molecular formula is C17H14BrClFNO3. The first kappa shape index (κ1) is 18.4. The third-order valence-electron chi connectivity index (χ3n) is 3.13. The van der Waals surface area contributed by atoms with Crippen LogP contribution in [-0.2, 0) is 20.7 Å². The Labute approximate surface area is 152 Å². The Morgan fingerprint density at radius 3 is 2.54 bits per heavy atom. The molecule has 2 aromatic rings. The predicted octanol–water partition coefficient (Wildman–Crippen LogP) is 4.35. The van der Waals surface area contributed by atoms with Gasteiger partial charge in [-0.2, -0.15) is 0 Å². The van der Waals surface area contributed by atoms with Gasteiger partial charge in [-0.15, -0.1) is 0 Å². The Kier molecular flexibility index (Phi) is 6.34. The van der Waals surface area contributed by atoms with Crippen LogP contribution in [0.4, 0.5) is 10.1 Å². The molecule has 24 heavy (non-hydrogen) atoms. The van der Waals surface area contributed by atoms with Gasteiger partial charge in [0.1, 0.15) is 5.82 Å². The van der Waals surface area contributed by atoms with Crippen LogP contribution in [0.2, 0.25) is 5.02 Å². The maximum absolute atomic E-state index is 13.6. The molecule has 0 aliphatic carbocycles. The zero-order valence-electron chi connectivity index (χ0n) is 12.7. The van der Waals surface area contributed by atoms with Crippen LogP contribution in [0.1, 0.15) is 12.5 Å². The predicted molar refractivity (Wildman–Crippen MR) is 93.4 cm³/mol. The highest BCUT2D eigenvalue weighted by atomic mass is 79.9. The molecule has 0 aromatic heterocycles. The van der Waals surface area contributed by atoms with Crippen LogP contribution in [0, 0.1) is 5.82 Å². The Hall–Kier alpha value is -1.92. The summed E-state index contributed by atoms with van der Waals surface area (Å²) in [5.41, 5.74) is 0.736. The van der Waals surface area contributed by atoms with Crippen LogP contribution in [0.25, 0.3) is 0 Å². The van der Waals surface area contributed by atoms with Crippen LogP contribution < -0.4 is 5.32 Å². The zero-order valence-corrected chi connectivity index (χ0v) is 15.0. The van der Waals surface area contributed by atoms with E-state index in [2.05, 4.69) is 21.2 Å². The summed E-state index contributed by atoms with van der Waals surface area (Å²) in [5, 5.41) is 2.58. The van der Waals surface area contributed by atoms with Crippen molar-refractivity contribution in [2.45, 2.75) is 19.4 Å². The van der Waals surface area contributed by atoms with E-state index in [0.717, 1.165) is 16.1 Å². The first-order valence-electron chi connectivity index (χ1n) is 7.05. The van der Waals surface area contributed by atoms with E-state index in [1.54, 1.807) is 12.1 Å². The molecular weight excluding hydrogens is 401 g/mol. The highest BCUT2D eigenvalue weighted by molar-refractivity contribution is 9.10. The number of hydrogen-bond donors (Lipinski definition) is 1. The fourth-order valence-electron chi connectivity index (χ4n) is 1.89. The lowest BCUT2D eigenvalue weighted by Gasteiger charge is -2.14. The normalized spacial score (nSPS) is 11.7. The number of rotatable bonds is 5. The van der Waals surface area contributed by atoms with Gasteiger partial charge in [-0.1, -0.05) is 39.7 Å². The standard InChI is InChI=1S/C17H14BrClFNO3/c1-10(17(23)21-15-7-6-13(19)9-14(15)20)24-16(22)8-11-2-4-12(18)5-3-11/h2-7,9-10H,8H2,1H3,(H,21,23). The topological polar surface area (TPSA) is 55.4 Å². The molecule has 126 valence electrons. The van der Waals surface area contributed by atoms with Gasteiger partial charge in [0.15, 0.2) is 6.10 Å². The van der Waals surface area contributed by atoms with E-state index in [-0.39, 0.29) is 17.1 Å². The van der Waals surface area contributed by atoms with Gasteiger partial charge in [0, 0.05) is 9.50 Å². The summed E-state index contributed by atoms with van der Waals surface area (Å²) in [5.74, 6) is -1.83. The van der Waals surface area contributed by atoms with Gasteiger partial charge in [0.05, 0.1) is 12.1 Å². The Bertz CT molecular complexity index is 752. The minimum absolute atomic E-state index is 0.0276. The molecule has 0 saturated carbocycles. The average molecular weight is 415 g/mol. The molecule has 7 heteroatoms. The van der Waals surface area contributed by atoms with Gasteiger partial charge < -0.3 is 10.1 Å². The summed E-state index contributed by atoms with van der Waals surface area (Å²) in [6.45, 7) is 1.42. The van der Waals surface area contributed by atoms with E-state index in [9.17, 15) is 14.0 Å². The molecule has 1 atom stereocenters. The van der Waals surface area contributed by atoms with Crippen molar-refractivity contribution < 1.29 is 18.7 Å². The van der Waals surface area contributed by atoms with Crippen molar-refractivity contribution in [1.82, 2.24) is 0 Å². The molecule has 0 aliphatic heterocycles. The van der Waals surface area contributed by atoms with E-state index in [1.807, 2.05) is 12.1 Å². The van der Waals surface area contributed by atoms with Crippen LogP contribution in [0.5, 0.6) is 0 Å². The van der Waals surface area contributed by atoms with Gasteiger partial charge in [-0.05, 0) is 42.8 Å². The summed E-state index contributed by atoms with van der Waals surface area (Å²) in [7, 11) is 0. The largest absolute Gasteiger partial charge is 0.452 e. The lowest BCUT2D eigenvalue weighted by Crippen LogP contribution is -2.30. The Morgan fingerprint density at radius 2 is 1.92 bits per heavy atom. The van der Waals surface area contributed by atoms with Crippen molar-refractivity contribution in [2.75, 3.05) is 5.32 Å². The van der Waals surface area contributed by atoms with Crippen LogP contribution in [-0.4, -0.2) is 18.0 Å². The van der Waals surface area contributed by atoms with Gasteiger partial charge in [0.25, 0.3) is 5.91 Å². The second kappa shape index (κ2) is 8.26. The van der Waals surface area contributed by atoms with E-state index < -0.39 is 23.8 Å². The molecule has 2 aromatic carbocycles. The lowest BCUT2D eigenvalue weighted by atomic mass is 10.1. The summed E-state index contributed by atoms with van der Waals surface area (Å²) in [6, 6.07) is 11.0. The van der Waals surface area contributed by atoms with Crippen molar-refractivity contribution in [2.24, 2.45) is 0 Å². The number of anilines is 1. The van der Waals surface area contributed by atoms with Crippen molar-refractivity contribution in [1.29, 1.82) is 0 Å². The third-order valence-corrected chi connectivity index (χ3v) is 3.89. The third kappa shape index (κ3) is 5.32. The quantitative estimate of drug-likeness (QED) is 0.740. The molecule has 0 heterocycles. The van der Waals surface area contributed by atoms with Crippen molar-refractivity contribution in [3.05, 3.63) is 63.3 Å². The summed E-state index contributed by atoms with van der Waals surface area (Å²) < 4.78 is 19.6. The maximum Gasteiger partial charge on any atom is 0.311 e. The minimum atomic E-state index is -1.05. The molecule has 0 aliphatic rings. The first-order chi connectivity index (χ1) is 11.3. The fraction of sp³-hybridized carbons (Fsp3) is 0.176. The number of carbonyl (C=O) groups excluding carboxylic acids is 2. The van der Waals surface area contributed by atoms with Crippen LogP contribution >= 0.6 is 27.5 Å². The van der Waals surface area contributed by atoms with Crippen molar-refractivity contribution >= 4 is 45.1 Å². The molecule has 1 unspecified atom stereocenters. The minimum Gasteiger partial charge on any atom is -0.452 e. The number of hydrogen-bond acceptors (Lipinski definition) is 3. The van der Waals surface area contributed by atoms with Crippen LogP contribution in [0.15, 0.2) is 46.9 Å². The van der Waals surface area contributed by atoms with Gasteiger partial charge >= 0.3 is 5.97 Å². The van der Waals surface area contributed by atoms with Crippen molar-refractivity contribution in [3.8, 4) is 0 Å². The molecule has 2 rings (SSSR count). The van der Waals surface area contributed by atoms with Gasteiger partial charge in [-0.3, -0.25) is 9.59 Å². The first-order valence-corrected chi connectivity index (χ1v) is 8.22. The number of benzene rings is 2. The van der Waals surface area contributed by atoms with E-state index >= 15 is 0 Å². The van der Waals surface area contributed by atoms with Gasteiger partial charge in [0.2, 0.25) is 0 Å². The second-order valence-corrected chi connectivity index (χ2v) is 6.40. The highest BCUT2D eigenvalue weighted by Crippen LogP contribution is 2.19. The average Bonchev–Trinajstić information content (AvgIpc) is 2.52. The molecule has 0 radical (unpaired) electrons. The Morgan fingerprint density at radius 1 is 1.25 bits per heavy atom. The van der Waals surface area contributed by atoms with Crippen molar-refractivity contribution in [3.63, 3.8) is 0 Å². The molecule has 4 nitrogen and oxygen atoms in total. The molecule has 1 N–H and O–H groups in total. The molecule has 1 amide bonds. The molecule has 0 fully saturated rings. The molecule has 0 spiro atoms. The molecule has 0 saturated heterocycles. The number of amides is 1. The summed E-state index contributed by atoms with van der Waals surface area (Å²) in [4.78, 5) is 23.9. The van der Waals surface area contributed by atoms with E-state index in [4.69, 9.17) is 16.3 Å². The number of halogens is 3. The summed E-state index contributed by atoms with van der Waals surface area (Å²) in [6.07, 6.45) is -1.01. The van der Waals surface area contributed by atoms with E-state index in [0.29, 0.717) is 0 Å². The van der Waals surface area contributed by atoms with Crippen LogP contribution in [0.3, 0.4) is 0 Å². The molecule has 0 bridgehead atoms. The maximum atomic E-state index is 13.6. The second-order valence-electron chi connectivity index (χ2n) is 5.05. The lowest BCUT2D eigenvalue weighted by molar-refractivity contribution is -0.152. The number of carbonyl (C=O) groups is 2. The fourth-order valence-corrected chi connectivity index (χ4v) is 2.31.